The number of hydrogen-bond donors (Lipinski definition) is 2. The lowest BCUT2D eigenvalue weighted by molar-refractivity contribution is -0.131. The van der Waals surface area contributed by atoms with Crippen LogP contribution < -0.4 is 15.8 Å². The summed E-state index contributed by atoms with van der Waals surface area (Å²) in [4.78, 5) is 28.2. The van der Waals surface area contributed by atoms with Crippen molar-refractivity contribution in [3.8, 4) is 5.75 Å². The van der Waals surface area contributed by atoms with Crippen LogP contribution in [0.15, 0.2) is 36.5 Å². The number of rotatable bonds is 6. The van der Waals surface area contributed by atoms with Gasteiger partial charge in [-0.1, -0.05) is 13.0 Å². The van der Waals surface area contributed by atoms with Crippen LogP contribution in [-0.2, 0) is 9.53 Å². The van der Waals surface area contributed by atoms with Gasteiger partial charge in [0.2, 0.25) is 0 Å². The molecule has 0 saturated carbocycles. The molecule has 2 aromatic rings. The van der Waals surface area contributed by atoms with Crippen LogP contribution in [0, 0.1) is 11.7 Å². The Kier molecular flexibility index (Phi) is 6.21. The quantitative estimate of drug-likeness (QED) is 0.721. The number of benzene rings is 1. The van der Waals surface area contributed by atoms with Gasteiger partial charge in [-0.3, -0.25) is 14.6 Å². The first kappa shape index (κ1) is 22.5. The molecule has 166 valence electrons. The molecule has 3 atom stereocenters. The van der Waals surface area contributed by atoms with Gasteiger partial charge in [0.1, 0.15) is 23.4 Å². The Morgan fingerprint density at radius 3 is 2.61 bits per heavy atom. The number of alkyl halides is 2. The maximum atomic E-state index is 13.7. The first-order valence-electron chi connectivity index (χ1n) is 9.48. The van der Waals surface area contributed by atoms with Gasteiger partial charge in [-0.25, -0.2) is 4.39 Å². The van der Waals surface area contributed by atoms with Gasteiger partial charge in [0, 0.05) is 29.4 Å². The second-order valence-electron chi connectivity index (χ2n) is 7.80. The van der Waals surface area contributed by atoms with Crippen molar-refractivity contribution in [1.82, 2.24) is 4.98 Å². The molecule has 1 fully saturated rings. The summed E-state index contributed by atoms with van der Waals surface area (Å²) in [5.41, 5.74) is 4.87. The Labute approximate surface area is 176 Å². The summed E-state index contributed by atoms with van der Waals surface area (Å²) in [6.45, 7) is 2.19. The molecule has 0 unspecified atom stereocenters. The zero-order valence-electron chi connectivity index (χ0n) is 17.1. The molecule has 0 spiro atoms. The topological polar surface area (TPSA) is 104 Å². The molecule has 1 saturated heterocycles. The van der Waals surface area contributed by atoms with Gasteiger partial charge in [0.05, 0.1) is 5.60 Å². The minimum Gasteiger partial charge on any atom is -0.434 e. The number of nitrogens with zero attached hydrogens (tertiary/aromatic N) is 1. The molecule has 1 aliphatic rings. The average molecular weight is 437 g/mol. The Morgan fingerprint density at radius 2 is 1.97 bits per heavy atom. The fraction of sp³-hybridized carbons (Fsp3) is 0.381. The van der Waals surface area contributed by atoms with E-state index in [-0.39, 0.29) is 28.6 Å². The molecule has 0 radical (unpaired) electrons. The number of nitrogens with two attached hydrogens (primary N) is 1. The van der Waals surface area contributed by atoms with Gasteiger partial charge in [-0.2, -0.15) is 8.78 Å². The maximum Gasteiger partial charge on any atom is 0.387 e. The highest BCUT2D eigenvalue weighted by molar-refractivity contribution is 5.97. The maximum absolute atomic E-state index is 13.7. The fourth-order valence-corrected chi connectivity index (χ4v) is 3.69. The number of carbonyl (C=O) groups is 2. The molecular weight excluding hydrogens is 415 g/mol. The third-order valence-corrected chi connectivity index (χ3v) is 5.48. The second-order valence-corrected chi connectivity index (χ2v) is 7.80. The fourth-order valence-electron chi connectivity index (χ4n) is 3.69. The number of primary amides is 1. The van der Waals surface area contributed by atoms with E-state index in [2.05, 4.69) is 15.0 Å². The minimum atomic E-state index is -3.16. The summed E-state index contributed by atoms with van der Waals surface area (Å²) in [6.07, 6.45) is 0.213. The second kappa shape index (κ2) is 8.54. The van der Waals surface area contributed by atoms with Crippen molar-refractivity contribution in [2.45, 2.75) is 45.0 Å². The van der Waals surface area contributed by atoms with Crippen molar-refractivity contribution in [2.75, 3.05) is 5.32 Å². The van der Waals surface area contributed by atoms with Crippen molar-refractivity contribution in [2.24, 2.45) is 11.7 Å². The van der Waals surface area contributed by atoms with Gasteiger partial charge in [-0.05, 0) is 38.0 Å². The number of halogens is 3. The van der Waals surface area contributed by atoms with Crippen molar-refractivity contribution in [1.29, 1.82) is 0 Å². The van der Waals surface area contributed by atoms with Crippen LogP contribution in [0.3, 0.4) is 0 Å². The van der Waals surface area contributed by atoms with E-state index in [1.807, 2.05) is 6.92 Å². The summed E-state index contributed by atoms with van der Waals surface area (Å²) >= 11 is 0. The van der Waals surface area contributed by atoms with Crippen LogP contribution in [0.5, 0.6) is 5.75 Å². The number of pyridine rings is 1. The monoisotopic (exact) mass is 437 g/mol. The minimum absolute atomic E-state index is 0.0402. The summed E-state index contributed by atoms with van der Waals surface area (Å²) < 4.78 is 50.0. The number of anilines is 1. The third-order valence-electron chi connectivity index (χ3n) is 5.48. The number of nitrogens with one attached hydrogen (secondary N) is 1. The highest BCUT2D eigenvalue weighted by atomic mass is 19.3. The molecule has 0 aliphatic carbocycles. The van der Waals surface area contributed by atoms with Crippen molar-refractivity contribution in [3.05, 3.63) is 53.6 Å². The predicted molar refractivity (Wildman–Crippen MR) is 105 cm³/mol. The van der Waals surface area contributed by atoms with E-state index in [4.69, 9.17) is 10.5 Å². The summed E-state index contributed by atoms with van der Waals surface area (Å²) in [6, 6.07) is 6.06. The number of hydrogen-bond acceptors (Lipinski definition) is 5. The first-order valence-corrected chi connectivity index (χ1v) is 9.48. The Morgan fingerprint density at radius 1 is 1.26 bits per heavy atom. The lowest BCUT2D eigenvalue weighted by Gasteiger charge is -2.26. The van der Waals surface area contributed by atoms with Crippen LogP contribution in [0.25, 0.3) is 0 Å². The highest BCUT2D eigenvalue weighted by Crippen LogP contribution is 2.48. The molecule has 1 aromatic heterocycles. The van der Waals surface area contributed by atoms with Gasteiger partial charge in [0.15, 0.2) is 0 Å². The molecular formula is C21H22F3N3O4. The molecule has 3 rings (SSSR count). The van der Waals surface area contributed by atoms with Crippen molar-refractivity contribution in [3.63, 3.8) is 0 Å². The van der Waals surface area contributed by atoms with Gasteiger partial charge in [0.25, 0.3) is 11.8 Å². The number of amides is 2. The normalized spacial score (nSPS) is 22.4. The van der Waals surface area contributed by atoms with Crippen molar-refractivity contribution < 1.29 is 32.2 Å². The van der Waals surface area contributed by atoms with E-state index in [1.54, 1.807) is 13.8 Å². The lowest BCUT2D eigenvalue weighted by atomic mass is 9.78. The SMILES string of the molecule is C[C@@H]1[C@H](c2ccc(F)cc2OC(F)F)[C@H](C(=O)Nc2ccnc(C(N)=O)c2)OC1(C)C. The van der Waals surface area contributed by atoms with Gasteiger partial charge >= 0.3 is 6.61 Å². The lowest BCUT2D eigenvalue weighted by Crippen LogP contribution is -2.33. The molecule has 7 nitrogen and oxygen atoms in total. The summed E-state index contributed by atoms with van der Waals surface area (Å²) in [5, 5.41) is 2.63. The Bertz CT molecular complexity index is 1000. The molecule has 3 N–H and O–H groups in total. The molecule has 0 bridgehead atoms. The molecule has 1 aromatic carbocycles. The van der Waals surface area contributed by atoms with E-state index in [9.17, 15) is 22.8 Å². The van der Waals surface area contributed by atoms with Crippen molar-refractivity contribution >= 4 is 17.5 Å². The number of carbonyl (C=O) groups excluding carboxylic acids is 2. The predicted octanol–water partition coefficient (Wildman–Crippen LogP) is 3.46. The Balaban J connectivity index is 1.96. The van der Waals surface area contributed by atoms with E-state index in [0.29, 0.717) is 0 Å². The Hall–Kier alpha value is -3.14. The number of aromatic nitrogens is 1. The van der Waals surface area contributed by atoms with Crippen LogP contribution >= 0.6 is 0 Å². The van der Waals surface area contributed by atoms with E-state index < -0.39 is 41.9 Å². The summed E-state index contributed by atoms with van der Waals surface area (Å²) in [7, 11) is 0. The molecule has 31 heavy (non-hydrogen) atoms. The van der Waals surface area contributed by atoms with Gasteiger partial charge < -0.3 is 20.5 Å². The molecule has 2 heterocycles. The van der Waals surface area contributed by atoms with Crippen LogP contribution in [0.2, 0.25) is 0 Å². The third kappa shape index (κ3) is 4.79. The molecule has 1 aliphatic heterocycles. The van der Waals surface area contributed by atoms with Crippen LogP contribution in [0.1, 0.15) is 42.7 Å². The largest absolute Gasteiger partial charge is 0.434 e. The van der Waals surface area contributed by atoms with E-state index in [0.717, 1.165) is 12.1 Å². The first-order chi connectivity index (χ1) is 14.5. The molecule has 10 heteroatoms. The zero-order valence-corrected chi connectivity index (χ0v) is 17.1. The standard InChI is InChI=1S/C21H22F3N3O4/c1-10-16(13-5-4-11(22)8-15(13)30-20(23)24)17(31-21(10,2)3)19(29)27-12-6-7-26-14(9-12)18(25)28/h4-10,16-17,20H,1-3H3,(H2,25,28)(H,26,27,29)/t10-,16-,17-/m1/s1. The highest BCUT2D eigenvalue weighted by Gasteiger charge is 2.51. The van der Waals surface area contributed by atoms with E-state index >= 15 is 0 Å². The molecule has 2 amide bonds. The zero-order chi connectivity index (χ0) is 22.9. The average Bonchev–Trinajstić information content (AvgIpc) is 2.91. The smallest absolute Gasteiger partial charge is 0.387 e. The number of ether oxygens (including phenoxy) is 2. The van der Waals surface area contributed by atoms with Crippen LogP contribution in [0.4, 0.5) is 18.9 Å². The van der Waals surface area contributed by atoms with Crippen LogP contribution in [-0.4, -0.2) is 35.1 Å². The van der Waals surface area contributed by atoms with E-state index in [1.165, 1.54) is 24.4 Å². The summed E-state index contributed by atoms with van der Waals surface area (Å²) in [5.74, 6) is -3.46. The van der Waals surface area contributed by atoms with Gasteiger partial charge in [-0.15, -0.1) is 0 Å².